The molecule has 0 saturated carbocycles. The zero-order valence-corrected chi connectivity index (χ0v) is 19.1. The van der Waals surface area contributed by atoms with Crippen LogP contribution in [0.2, 0.25) is 0 Å². The fraction of sp³-hybridized carbons (Fsp3) is 0.667. The van der Waals surface area contributed by atoms with E-state index in [1.807, 2.05) is 0 Å². The Labute approximate surface area is 176 Å². The van der Waals surface area contributed by atoms with Gasteiger partial charge in [-0.1, -0.05) is 0 Å². The van der Waals surface area contributed by atoms with E-state index in [1.54, 1.807) is 27.7 Å². The number of hydrogen-bond acceptors (Lipinski definition) is 8. The normalized spacial score (nSPS) is 12.6. The van der Waals surface area contributed by atoms with Gasteiger partial charge in [0, 0.05) is 0 Å². The first kappa shape index (κ1) is 27.6. The van der Waals surface area contributed by atoms with Crippen molar-refractivity contribution in [1.82, 2.24) is 0 Å². The summed E-state index contributed by atoms with van der Waals surface area (Å²) < 4.78 is 11.8. The van der Waals surface area contributed by atoms with E-state index in [-0.39, 0.29) is 39.3 Å². The Kier molecular flexibility index (Phi) is 12.4. The van der Waals surface area contributed by atoms with Crippen LogP contribution in [0.3, 0.4) is 0 Å². The molecule has 0 aromatic carbocycles. The molecular weight excluding hydrogens is 420 g/mol. The maximum absolute atomic E-state index is 11.6. The molecule has 0 unspecified atom stereocenters. The van der Waals surface area contributed by atoms with Crippen LogP contribution in [0.4, 0.5) is 0 Å². The second kappa shape index (κ2) is 13.0. The standard InChI is InChI=1S/2C6H9NO3.2C3H7O.Ti/c2*8-4-1-7(2-5-9)3-6-10;2*1-3(2)4;/h2*4-6H,1-3H2;2*3H,1-2H3;/q;;2*-1;+4. The maximum atomic E-state index is 11.6. The summed E-state index contributed by atoms with van der Waals surface area (Å²) in [4.78, 5) is 69.9. The molecule has 0 amide bonds. The predicted octanol–water partition coefficient (Wildman–Crippen LogP) is -0.523. The first-order chi connectivity index (χ1) is 13.7. The zero-order chi connectivity index (χ0) is 22.6. The zero-order valence-electron chi connectivity index (χ0n) is 17.5. The van der Waals surface area contributed by atoms with Crippen molar-refractivity contribution in [2.24, 2.45) is 0 Å². The summed E-state index contributed by atoms with van der Waals surface area (Å²) in [5.74, 6) is 0. The number of carbonyl (C=O) groups excluding carboxylic acids is 6. The Morgan fingerprint density at radius 1 is 0.552 bits per heavy atom. The van der Waals surface area contributed by atoms with Crippen LogP contribution >= 0.6 is 0 Å². The van der Waals surface area contributed by atoms with Gasteiger partial charge in [0.1, 0.15) is 0 Å². The van der Waals surface area contributed by atoms with Gasteiger partial charge in [-0.25, -0.2) is 0 Å². The minimum atomic E-state index is -4.85. The van der Waals surface area contributed by atoms with E-state index in [9.17, 15) is 28.8 Å². The third-order valence-corrected chi connectivity index (χ3v) is 12.4. The summed E-state index contributed by atoms with van der Waals surface area (Å²) >= 11 is -4.85. The first-order valence-corrected chi connectivity index (χ1v) is 12.1. The van der Waals surface area contributed by atoms with Crippen LogP contribution in [0, 0.1) is 0 Å². The molecule has 11 heteroatoms. The molecule has 10 nitrogen and oxygen atoms in total. The van der Waals surface area contributed by atoms with Crippen molar-refractivity contribution < 1.29 is 59.2 Å². The quantitative estimate of drug-likeness (QED) is 0.201. The van der Waals surface area contributed by atoms with Crippen molar-refractivity contribution >= 4 is 37.7 Å². The topological polar surface area (TPSA) is 121 Å². The van der Waals surface area contributed by atoms with Gasteiger partial charge in [0.05, 0.1) is 0 Å². The van der Waals surface area contributed by atoms with Crippen molar-refractivity contribution in [3.8, 4) is 0 Å². The van der Waals surface area contributed by atoms with Crippen molar-refractivity contribution in [1.29, 1.82) is 0 Å². The van der Waals surface area contributed by atoms with Gasteiger partial charge < -0.3 is 0 Å². The Morgan fingerprint density at radius 3 is 0.897 bits per heavy atom. The minimum absolute atomic E-state index is 0.298. The van der Waals surface area contributed by atoms with Crippen molar-refractivity contribution in [3.05, 3.63) is 0 Å². The van der Waals surface area contributed by atoms with Gasteiger partial charge in [0.25, 0.3) is 0 Å². The Hall–Kier alpha value is -1.43. The monoisotopic (exact) mass is 452 g/mol. The van der Waals surface area contributed by atoms with Crippen molar-refractivity contribution in [2.75, 3.05) is 39.3 Å². The van der Waals surface area contributed by atoms with E-state index in [1.165, 1.54) is 0 Å². The molecule has 0 aliphatic rings. The van der Waals surface area contributed by atoms with Gasteiger partial charge in [-0.05, 0) is 0 Å². The molecule has 164 valence electrons. The molecule has 29 heavy (non-hydrogen) atoms. The summed E-state index contributed by atoms with van der Waals surface area (Å²) in [7, 11) is 0. The first-order valence-electron chi connectivity index (χ1n) is 9.40. The summed E-state index contributed by atoms with van der Waals surface area (Å²) in [6, 6.07) is 0. The van der Waals surface area contributed by atoms with Gasteiger partial charge in [0.2, 0.25) is 0 Å². The Bertz CT molecular complexity index is 479. The molecule has 0 spiro atoms. The second-order valence-corrected chi connectivity index (χ2v) is 12.7. The third kappa shape index (κ3) is 6.27. The molecule has 0 aromatic rings. The molecule has 0 radical (unpaired) electrons. The Balaban J connectivity index is 7.42. The summed E-state index contributed by atoms with van der Waals surface area (Å²) in [5, 5.41) is 0. The van der Waals surface area contributed by atoms with E-state index < -0.39 is 36.0 Å². The number of hydrogen-bond donors (Lipinski definition) is 0. The third-order valence-electron chi connectivity index (χ3n) is 4.52. The number of quaternary nitrogens is 2. The van der Waals surface area contributed by atoms with E-state index >= 15 is 0 Å². The molecular formula is C18H32N2O8Ti+2. The van der Waals surface area contributed by atoms with Crippen LogP contribution in [0.25, 0.3) is 0 Å². The van der Waals surface area contributed by atoms with Gasteiger partial charge in [0.15, 0.2) is 0 Å². The van der Waals surface area contributed by atoms with Crippen LogP contribution in [0.15, 0.2) is 0 Å². The SMILES string of the molecule is CC(C)[O][Ti]([O]C(C)C)([N+](CC=O)(CC=O)CC=O)[N+](CC=O)(CC=O)CC=O. The average Bonchev–Trinajstić information content (AvgIpc) is 2.61. The summed E-state index contributed by atoms with van der Waals surface area (Å²) in [6.07, 6.45) is 2.35. The van der Waals surface area contributed by atoms with Crippen LogP contribution in [0.5, 0.6) is 0 Å². The number of rotatable bonds is 18. The molecule has 0 bridgehead atoms. The van der Waals surface area contributed by atoms with Crippen LogP contribution in [0.1, 0.15) is 27.7 Å². The van der Waals surface area contributed by atoms with Gasteiger partial charge in [-0.15, -0.1) is 0 Å². The van der Waals surface area contributed by atoms with Crippen molar-refractivity contribution in [3.63, 3.8) is 0 Å². The summed E-state index contributed by atoms with van der Waals surface area (Å²) in [6.45, 7) is 5.04. The average molecular weight is 452 g/mol. The van der Waals surface area contributed by atoms with E-state index in [0.717, 1.165) is 0 Å². The molecule has 0 N–H and O–H groups in total. The molecule has 0 atom stereocenters. The van der Waals surface area contributed by atoms with E-state index in [0.29, 0.717) is 37.7 Å². The molecule has 0 aromatic heterocycles. The van der Waals surface area contributed by atoms with Gasteiger partial charge >= 0.3 is 176 Å². The van der Waals surface area contributed by atoms with Crippen LogP contribution in [-0.4, -0.2) is 95.1 Å². The van der Waals surface area contributed by atoms with Gasteiger partial charge in [-0.3, -0.25) is 0 Å². The number of carbonyl (C=O) groups is 6. The summed E-state index contributed by atoms with van der Waals surface area (Å²) in [5.41, 5.74) is 0. The van der Waals surface area contributed by atoms with Crippen LogP contribution < -0.4 is 0 Å². The number of nitrogens with zero attached hydrogens (tertiary/aromatic N) is 2. The molecule has 0 fully saturated rings. The number of aldehydes is 6. The second-order valence-electron chi connectivity index (χ2n) is 7.27. The van der Waals surface area contributed by atoms with E-state index in [4.69, 9.17) is 6.64 Å². The predicted molar refractivity (Wildman–Crippen MR) is 98.5 cm³/mol. The van der Waals surface area contributed by atoms with Crippen LogP contribution in [-0.2, 0) is 53.3 Å². The molecule has 0 heterocycles. The fourth-order valence-electron chi connectivity index (χ4n) is 3.53. The molecule has 0 aliphatic heterocycles. The fourth-order valence-corrected chi connectivity index (χ4v) is 11.2. The van der Waals surface area contributed by atoms with Crippen molar-refractivity contribution in [2.45, 2.75) is 39.9 Å². The van der Waals surface area contributed by atoms with Gasteiger partial charge in [-0.2, -0.15) is 0 Å². The molecule has 0 aliphatic carbocycles. The van der Waals surface area contributed by atoms with E-state index in [2.05, 4.69) is 0 Å². The molecule has 0 rings (SSSR count). The molecule has 0 saturated heterocycles. The Morgan fingerprint density at radius 2 is 0.759 bits per heavy atom.